The lowest BCUT2D eigenvalue weighted by Gasteiger charge is -2.44. The number of likely N-dealkylation sites (N-methyl/N-ethyl adjacent to an activating group) is 1. The van der Waals surface area contributed by atoms with Crippen molar-refractivity contribution in [3.05, 3.63) is 0 Å². The Morgan fingerprint density at radius 1 is 1.20 bits per heavy atom. The van der Waals surface area contributed by atoms with E-state index in [1.807, 2.05) is 0 Å². The first kappa shape index (κ1) is 12.9. The maximum atomic E-state index is 5.78. The SMILES string of the molecule is CC1CN(CC(C)(C)CN)CC(C)N1C. The molecule has 2 atom stereocenters. The van der Waals surface area contributed by atoms with Crippen molar-refractivity contribution < 1.29 is 0 Å². The van der Waals surface area contributed by atoms with E-state index in [0.29, 0.717) is 12.1 Å². The van der Waals surface area contributed by atoms with Crippen molar-refractivity contribution in [3.63, 3.8) is 0 Å². The van der Waals surface area contributed by atoms with Crippen molar-refractivity contribution in [2.75, 3.05) is 33.2 Å². The van der Waals surface area contributed by atoms with Gasteiger partial charge in [0.2, 0.25) is 0 Å². The molecule has 0 aromatic rings. The Morgan fingerprint density at radius 3 is 2.07 bits per heavy atom. The van der Waals surface area contributed by atoms with Crippen molar-refractivity contribution in [1.29, 1.82) is 0 Å². The molecule has 0 aliphatic carbocycles. The predicted octanol–water partition coefficient (Wildman–Crippen LogP) is 0.996. The minimum Gasteiger partial charge on any atom is -0.330 e. The zero-order valence-electron chi connectivity index (χ0n) is 11.0. The first-order valence-electron chi connectivity index (χ1n) is 6.00. The van der Waals surface area contributed by atoms with Crippen LogP contribution in [0, 0.1) is 5.41 Å². The highest BCUT2D eigenvalue weighted by atomic mass is 15.3. The molecule has 0 aromatic heterocycles. The number of nitrogens with two attached hydrogens (primary N) is 1. The van der Waals surface area contributed by atoms with Crippen LogP contribution in [0.1, 0.15) is 27.7 Å². The Hall–Kier alpha value is -0.120. The van der Waals surface area contributed by atoms with Crippen LogP contribution in [0.2, 0.25) is 0 Å². The largest absolute Gasteiger partial charge is 0.330 e. The van der Waals surface area contributed by atoms with Gasteiger partial charge in [0.05, 0.1) is 0 Å². The Kier molecular flexibility index (Phi) is 4.15. The molecule has 2 unspecified atom stereocenters. The molecule has 90 valence electrons. The summed E-state index contributed by atoms with van der Waals surface area (Å²) in [5, 5.41) is 0. The van der Waals surface area contributed by atoms with E-state index in [2.05, 4.69) is 44.5 Å². The van der Waals surface area contributed by atoms with Gasteiger partial charge in [-0.25, -0.2) is 0 Å². The third-order valence-corrected chi connectivity index (χ3v) is 3.64. The van der Waals surface area contributed by atoms with E-state index in [4.69, 9.17) is 5.73 Å². The molecule has 1 saturated heterocycles. The molecule has 1 fully saturated rings. The van der Waals surface area contributed by atoms with Crippen LogP contribution >= 0.6 is 0 Å². The molecule has 3 nitrogen and oxygen atoms in total. The molecule has 0 radical (unpaired) electrons. The van der Waals surface area contributed by atoms with E-state index in [1.165, 1.54) is 13.1 Å². The van der Waals surface area contributed by atoms with Crippen LogP contribution in [0.15, 0.2) is 0 Å². The van der Waals surface area contributed by atoms with Crippen LogP contribution in [-0.4, -0.2) is 55.1 Å². The van der Waals surface area contributed by atoms with Crippen molar-refractivity contribution >= 4 is 0 Å². The third kappa shape index (κ3) is 3.44. The van der Waals surface area contributed by atoms with E-state index in [0.717, 1.165) is 13.1 Å². The summed E-state index contributed by atoms with van der Waals surface area (Å²) < 4.78 is 0. The lowest BCUT2D eigenvalue weighted by atomic mass is 9.92. The maximum absolute atomic E-state index is 5.78. The summed E-state index contributed by atoms with van der Waals surface area (Å²) >= 11 is 0. The van der Waals surface area contributed by atoms with E-state index < -0.39 is 0 Å². The van der Waals surface area contributed by atoms with E-state index in [1.54, 1.807) is 0 Å². The molecular formula is C12H27N3. The smallest absolute Gasteiger partial charge is 0.0195 e. The number of nitrogens with zero attached hydrogens (tertiary/aromatic N) is 2. The summed E-state index contributed by atoms with van der Waals surface area (Å²) in [6.45, 7) is 13.3. The van der Waals surface area contributed by atoms with E-state index >= 15 is 0 Å². The van der Waals surface area contributed by atoms with E-state index in [-0.39, 0.29) is 5.41 Å². The summed E-state index contributed by atoms with van der Waals surface area (Å²) in [6.07, 6.45) is 0. The number of hydrogen-bond acceptors (Lipinski definition) is 3. The highest BCUT2D eigenvalue weighted by Gasteiger charge is 2.29. The van der Waals surface area contributed by atoms with Gasteiger partial charge in [-0.05, 0) is 32.9 Å². The monoisotopic (exact) mass is 213 g/mol. The molecule has 15 heavy (non-hydrogen) atoms. The average Bonchev–Trinajstić information content (AvgIpc) is 2.13. The minimum absolute atomic E-state index is 0.245. The van der Waals surface area contributed by atoms with Crippen LogP contribution in [-0.2, 0) is 0 Å². The standard InChI is InChI=1S/C12H27N3/c1-10-6-15(7-11(2)14(10)5)9-12(3,4)8-13/h10-11H,6-9,13H2,1-5H3. The molecule has 1 aliphatic heterocycles. The molecule has 1 rings (SSSR count). The molecule has 0 bridgehead atoms. The average molecular weight is 213 g/mol. The van der Waals surface area contributed by atoms with Crippen molar-refractivity contribution in [2.24, 2.45) is 11.1 Å². The molecule has 0 aromatic carbocycles. The van der Waals surface area contributed by atoms with Gasteiger partial charge >= 0.3 is 0 Å². The lowest BCUT2D eigenvalue weighted by Crippen LogP contribution is -2.56. The van der Waals surface area contributed by atoms with Crippen molar-refractivity contribution in [3.8, 4) is 0 Å². The number of hydrogen-bond donors (Lipinski definition) is 1. The normalized spacial score (nSPS) is 30.8. The second kappa shape index (κ2) is 4.81. The fraction of sp³-hybridized carbons (Fsp3) is 1.00. The molecular weight excluding hydrogens is 186 g/mol. The van der Waals surface area contributed by atoms with Gasteiger partial charge in [0.1, 0.15) is 0 Å². The van der Waals surface area contributed by atoms with Gasteiger partial charge in [-0.3, -0.25) is 9.80 Å². The quantitative estimate of drug-likeness (QED) is 0.759. The summed E-state index contributed by atoms with van der Waals surface area (Å²) in [5.41, 5.74) is 6.03. The second-order valence-corrected chi connectivity index (χ2v) is 5.93. The van der Waals surface area contributed by atoms with Crippen LogP contribution in [0.5, 0.6) is 0 Å². The number of piperazine rings is 1. The third-order valence-electron chi connectivity index (χ3n) is 3.64. The van der Waals surface area contributed by atoms with Gasteiger partial charge in [0.15, 0.2) is 0 Å². The predicted molar refractivity (Wildman–Crippen MR) is 66.0 cm³/mol. The summed E-state index contributed by atoms with van der Waals surface area (Å²) in [7, 11) is 2.22. The summed E-state index contributed by atoms with van der Waals surface area (Å²) in [6, 6.07) is 1.31. The van der Waals surface area contributed by atoms with Gasteiger partial charge < -0.3 is 5.73 Å². The van der Waals surface area contributed by atoms with Crippen LogP contribution in [0.3, 0.4) is 0 Å². The van der Waals surface area contributed by atoms with Crippen molar-refractivity contribution in [1.82, 2.24) is 9.80 Å². The Bertz CT molecular complexity index is 191. The second-order valence-electron chi connectivity index (χ2n) is 5.93. The van der Waals surface area contributed by atoms with E-state index in [9.17, 15) is 0 Å². The zero-order chi connectivity index (χ0) is 11.6. The molecule has 1 heterocycles. The Morgan fingerprint density at radius 2 is 1.67 bits per heavy atom. The maximum Gasteiger partial charge on any atom is 0.0195 e. The Balaban J connectivity index is 2.51. The zero-order valence-corrected chi connectivity index (χ0v) is 11.0. The number of rotatable bonds is 3. The topological polar surface area (TPSA) is 32.5 Å². The molecule has 0 amide bonds. The minimum atomic E-state index is 0.245. The molecule has 3 heteroatoms. The highest BCUT2D eigenvalue weighted by Crippen LogP contribution is 2.19. The van der Waals surface area contributed by atoms with Crippen LogP contribution in [0.4, 0.5) is 0 Å². The first-order valence-corrected chi connectivity index (χ1v) is 6.00. The summed E-state index contributed by atoms with van der Waals surface area (Å²) in [5.74, 6) is 0. The highest BCUT2D eigenvalue weighted by molar-refractivity contribution is 4.85. The van der Waals surface area contributed by atoms with Gasteiger partial charge in [-0.2, -0.15) is 0 Å². The fourth-order valence-electron chi connectivity index (χ4n) is 2.31. The Labute approximate surface area is 94.6 Å². The van der Waals surface area contributed by atoms with Gasteiger partial charge in [-0.15, -0.1) is 0 Å². The van der Waals surface area contributed by atoms with Crippen molar-refractivity contribution in [2.45, 2.75) is 39.8 Å². The lowest BCUT2D eigenvalue weighted by molar-refractivity contribution is 0.0398. The first-order chi connectivity index (χ1) is 6.85. The molecule has 0 spiro atoms. The molecule has 2 N–H and O–H groups in total. The van der Waals surface area contributed by atoms with Gasteiger partial charge in [-0.1, -0.05) is 13.8 Å². The van der Waals surface area contributed by atoms with Crippen LogP contribution < -0.4 is 5.73 Å². The molecule has 1 aliphatic rings. The van der Waals surface area contributed by atoms with Gasteiger partial charge in [0.25, 0.3) is 0 Å². The van der Waals surface area contributed by atoms with Gasteiger partial charge in [0, 0.05) is 31.7 Å². The van der Waals surface area contributed by atoms with Crippen LogP contribution in [0.25, 0.3) is 0 Å². The fourth-order valence-corrected chi connectivity index (χ4v) is 2.31. The summed E-state index contributed by atoms with van der Waals surface area (Å²) in [4.78, 5) is 5.02. The molecule has 0 saturated carbocycles.